The Hall–Kier alpha value is -0.120. The molecule has 3 heteroatoms. The summed E-state index contributed by atoms with van der Waals surface area (Å²) in [6.45, 7) is 9.72. The molecule has 2 N–H and O–H groups in total. The molecule has 0 amide bonds. The van der Waals surface area contributed by atoms with Gasteiger partial charge in [-0.25, -0.2) is 0 Å². The molecule has 3 nitrogen and oxygen atoms in total. The van der Waals surface area contributed by atoms with Crippen molar-refractivity contribution in [2.75, 3.05) is 32.8 Å². The molecule has 90 valence electrons. The van der Waals surface area contributed by atoms with E-state index >= 15 is 0 Å². The van der Waals surface area contributed by atoms with Gasteiger partial charge in [-0.3, -0.25) is 0 Å². The molecule has 0 aromatic rings. The van der Waals surface area contributed by atoms with Crippen molar-refractivity contribution < 1.29 is 4.74 Å². The van der Waals surface area contributed by atoms with Crippen molar-refractivity contribution in [1.29, 1.82) is 0 Å². The lowest BCUT2D eigenvalue weighted by Gasteiger charge is -2.23. The van der Waals surface area contributed by atoms with Crippen LogP contribution in [-0.2, 0) is 4.74 Å². The molecular weight excluding hydrogens is 188 g/mol. The van der Waals surface area contributed by atoms with Crippen molar-refractivity contribution in [2.24, 2.45) is 5.92 Å². The van der Waals surface area contributed by atoms with Gasteiger partial charge in [0.2, 0.25) is 0 Å². The van der Waals surface area contributed by atoms with Crippen molar-refractivity contribution in [3.05, 3.63) is 0 Å². The molecule has 1 heterocycles. The van der Waals surface area contributed by atoms with Crippen LogP contribution in [0.4, 0.5) is 0 Å². The Morgan fingerprint density at radius 3 is 2.80 bits per heavy atom. The number of hydrogen-bond donors (Lipinski definition) is 2. The Bertz CT molecular complexity index is 147. The molecule has 0 aromatic carbocycles. The van der Waals surface area contributed by atoms with Gasteiger partial charge in [-0.15, -0.1) is 0 Å². The highest BCUT2D eigenvalue weighted by molar-refractivity contribution is 4.68. The minimum Gasteiger partial charge on any atom is -0.377 e. The summed E-state index contributed by atoms with van der Waals surface area (Å²) in [5.74, 6) is 0.781. The average Bonchev–Trinajstić information content (AvgIpc) is 2.29. The van der Waals surface area contributed by atoms with E-state index < -0.39 is 0 Å². The van der Waals surface area contributed by atoms with E-state index in [9.17, 15) is 0 Å². The summed E-state index contributed by atoms with van der Waals surface area (Å²) in [6.07, 6.45) is 4.09. The predicted octanol–water partition coefficient (Wildman–Crippen LogP) is 1.39. The van der Waals surface area contributed by atoms with Crippen molar-refractivity contribution in [3.63, 3.8) is 0 Å². The third-order valence-electron chi connectivity index (χ3n) is 3.11. The fourth-order valence-corrected chi connectivity index (χ4v) is 1.75. The van der Waals surface area contributed by atoms with Crippen LogP contribution < -0.4 is 10.6 Å². The Kier molecular flexibility index (Phi) is 6.98. The van der Waals surface area contributed by atoms with E-state index in [0.29, 0.717) is 6.10 Å². The zero-order valence-electron chi connectivity index (χ0n) is 10.2. The minimum atomic E-state index is 0.497. The molecule has 0 saturated carbocycles. The van der Waals surface area contributed by atoms with Crippen LogP contribution in [0.15, 0.2) is 0 Å². The molecule has 0 aromatic heterocycles. The van der Waals surface area contributed by atoms with Gasteiger partial charge in [0.1, 0.15) is 0 Å². The maximum absolute atomic E-state index is 5.80. The van der Waals surface area contributed by atoms with Gasteiger partial charge in [0.25, 0.3) is 0 Å². The fourth-order valence-electron chi connectivity index (χ4n) is 1.75. The minimum absolute atomic E-state index is 0.497. The number of hydrogen-bond acceptors (Lipinski definition) is 3. The third-order valence-corrected chi connectivity index (χ3v) is 3.11. The summed E-state index contributed by atoms with van der Waals surface area (Å²) < 4.78 is 5.80. The lowest BCUT2D eigenvalue weighted by Crippen LogP contribution is -2.34. The lowest BCUT2D eigenvalue weighted by atomic mass is 10.1. The first-order chi connectivity index (χ1) is 7.33. The fraction of sp³-hybridized carbons (Fsp3) is 1.00. The van der Waals surface area contributed by atoms with Gasteiger partial charge in [-0.1, -0.05) is 20.3 Å². The second-order valence-corrected chi connectivity index (χ2v) is 4.54. The Morgan fingerprint density at radius 1 is 1.40 bits per heavy atom. The van der Waals surface area contributed by atoms with Crippen molar-refractivity contribution in [3.8, 4) is 0 Å². The van der Waals surface area contributed by atoms with Gasteiger partial charge in [0.15, 0.2) is 0 Å². The Morgan fingerprint density at radius 2 is 2.13 bits per heavy atom. The van der Waals surface area contributed by atoms with Crippen molar-refractivity contribution in [1.82, 2.24) is 10.6 Å². The van der Waals surface area contributed by atoms with E-state index in [1.807, 2.05) is 0 Å². The first-order valence-corrected chi connectivity index (χ1v) is 6.36. The molecule has 1 atom stereocenters. The first-order valence-electron chi connectivity index (χ1n) is 6.36. The van der Waals surface area contributed by atoms with Crippen LogP contribution in [0.3, 0.4) is 0 Å². The number of piperidine rings is 1. The van der Waals surface area contributed by atoms with Crippen molar-refractivity contribution >= 4 is 0 Å². The van der Waals surface area contributed by atoms with E-state index in [1.54, 1.807) is 0 Å². The van der Waals surface area contributed by atoms with Crippen LogP contribution in [-0.4, -0.2) is 38.9 Å². The molecule has 0 radical (unpaired) electrons. The van der Waals surface area contributed by atoms with Crippen LogP contribution in [0, 0.1) is 5.92 Å². The highest BCUT2D eigenvalue weighted by Gasteiger charge is 2.12. The van der Waals surface area contributed by atoms with E-state index in [2.05, 4.69) is 24.5 Å². The SMILES string of the molecule is CCC(C)CNCCOC1CCNCC1. The smallest absolute Gasteiger partial charge is 0.0600 e. The van der Waals surface area contributed by atoms with Gasteiger partial charge in [0, 0.05) is 6.54 Å². The average molecular weight is 214 g/mol. The normalized spacial score (nSPS) is 20.4. The Labute approximate surface area is 94.0 Å². The Balaban J connectivity index is 1.87. The molecule has 1 fully saturated rings. The van der Waals surface area contributed by atoms with E-state index in [1.165, 1.54) is 19.3 Å². The van der Waals surface area contributed by atoms with Crippen LogP contribution in [0.5, 0.6) is 0 Å². The lowest BCUT2D eigenvalue weighted by molar-refractivity contribution is 0.0346. The molecular formula is C12H26N2O. The summed E-state index contributed by atoms with van der Waals surface area (Å²) in [5.41, 5.74) is 0. The van der Waals surface area contributed by atoms with Crippen LogP contribution >= 0.6 is 0 Å². The third kappa shape index (κ3) is 6.13. The first kappa shape index (κ1) is 12.9. The van der Waals surface area contributed by atoms with Gasteiger partial charge in [-0.05, 0) is 38.4 Å². The van der Waals surface area contributed by atoms with Gasteiger partial charge in [-0.2, -0.15) is 0 Å². The topological polar surface area (TPSA) is 33.3 Å². The number of nitrogens with one attached hydrogen (secondary N) is 2. The van der Waals surface area contributed by atoms with E-state index in [-0.39, 0.29) is 0 Å². The maximum atomic E-state index is 5.80. The molecule has 1 aliphatic rings. The highest BCUT2D eigenvalue weighted by Crippen LogP contribution is 2.06. The molecule has 1 aliphatic heterocycles. The van der Waals surface area contributed by atoms with Crippen LogP contribution in [0.25, 0.3) is 0 Å². The monoisotopic (exact) mass is 214 g/mol. The number of rotatable bonds is 7. The summed E-state index contributed by atoms with van der Waals surface area (Å²) in [6, 6.07) is 0. The zero-order valence-corrected chi connectivity index (χ0v) is 10.2. The van der Waals surface area contributed by atoms with E-state index in [4.69, 9.17) is 4.74 Å². The molecule has 0 aliphatic carbocycles. The predicted molar refractivity (Wildman–Crippen MR) is 64.2 cm³/mol. The molecule has 1 unspecified atom stereocenters. The molecule has 1 rings (SSSR count). The second kappa shape index (κ2) is 8.08. The number of ether oxygens (including phenoxy) is 1. The van der Waals surface area contributed by atoms with Crippen molar-refractivity contribution in [2.45, 2.75) is 39.2 Å². The standard InChI is InChI=1S/C12H26N2O/c1-3-11(2)10-14-8-9-15-12-4-6-13-7-5-12/h11-14H,3-10H2,1-2H3. The molecule has 15 heavy (non-hydrogen) atoms. The summed E-state index contributed by atoms with van der Waals surface area (Å²) in [5, 5.41) is 6.78. The maximum Gasteiger partial charge on any atom is 0.0600 e. The molecule has 0 bridgehead atoms. The largest absolute Gasteiger partial charge is 0.377 e. The second-order valence-electron chi connectivity index (χ2n) is 4.54. The summed E-state index contributed by atoms with van der Waals surface area (Å²) in [7, 11) is 0. The quantitative estimate of drug-likeness (QED) is 0.628. The summed E-state index contributed by atoms with van der Waals surface area (Å²) in [4.78, 5) is 0. The molecule has 0 spiro atoms. The van der Waals surface area contributed by atoms with Crippen LogP contribution in [0.2, 0.25) is 0 Å². The molecule has 1 saturated heterocycles. The van der Waals surface area contributed by atoms with Gasteiger partial charge < -0.3 is 15.4 Å². The highest BCUT2D eigenvalue weighted by atomic mass is 16.5. The van der Waals surface area contributed by atoms with Crippen LogP contribution in [0.1, 0.15) is 33.1 Å². The van der Waals surface area contributed by atoms with E-state index in [0.717, 1.165) is 38.7 Å². The summed E-state index contributed by atoms with van der Waals surface area (Å²) >= 11 is 0. The van der Waals surface area contributed by atoms with Gasteiger partial charge in [0.05, 0.1) is 12.7 Å². The zero-order chi connectivity index (χ0) is 10.9. The van der Waals surface area contributed by atoms with Gasteiger partial charge >= 0.3 is 0 Å².